The van der Waals surface area contributed by atoms with E-state index in [0.29, 0.717) is 11.9 Å². The molecule has 1 aliphatic heterocycles. The molecule has 0 aliphatic carbocycles. The number of rotatable bonds is 6. The highest BCUT2D eigenvalue weighted by atomic mass is 19.1. The number of likely N-dealkylation sites (tertiary alicyclic amines) is 1. The number of halogens is 1. The summed E-state index contributed by atoms with van der Waals surface area (Å²) in [6.07, 6.45) is 3.66. The Hall–Kier alpha value is -3.39. The van der Waals surface area contributed by atoms with E-state index in [4.69, 9.17) is 0 Å². The van der Waals surface area contributed by atoms with Gasteiger partial charge in [0.2, 0.25) is 11.9 Å². The topological polar surface area (TPSA) is 83.0 Å². The first-order chi connectivity index (χ1) is 15.5. The largest absolute Gasteiger partial charge is 0.323 e. The predicted molar refractivity (Wildman–Crippen MR) is 122 cm³/mol. The number of aryl methyl sites for hydroxylation is 2. The van der Waals surface area contributed by atoms with E-state index < -0.39 is 5.82 Å². The summed E-state index contributed by atoms with van der Waals surface area (Å²) in [5.74, 6) is 0.301. The quantitative estimate of drug-likeness (QED) is 0.605. The maximum absolute atomic E-state index is 13.7. The molecule has 0 unspecified atom stereocenters. The number of hydrogen-bond acceptors (Lipinski definition) is 6. The molecule has 1 saturated heterocycles. The number of piperidine rings is 1. The number of carbonyl (C=O) groups is 1. The average Bonchev–Trinajstić information content (AvgIpc) is 2.76. The van der Waals surface area contributed by atoms with E-state index in [1.165, 1.54) is 6.07 Å². The lowest BCUT2D eigenvalue weighted by Gasteiger charge is -2.31. The van der Waals surface area contributed by atoms with Crippen molar-refractivity contribution in [2.75, 3.05) is 30.3 Å². The van der Waals surface area contributed by atoms with Crippen molar-refractivity contribution in [3.05, 3.63) is 71.6 Å². The zero-order valence-corrected chi connectivity index (χ0v) is 18.3. The minimum Gasteiger partial charge on any atom is -0.323 e. The Labute approximate surface area is 187 Å². The van der Waals surface area contributed by atoms with Gasteiger partial charge in [-0.1, -0.05) is 12.1 Å². The zero-order valence-electron chi connectivity index (χ0n) is 18.3. The van der Waals surface area contributed by atoms with Gasteiger partial charge in [-0.05, 0) is 70.1 Å². The van der Waals surface area contributed by atoms with Crippen LogP contribution in [-0.2, 0) is 4.79 Å². The van der Waals surface area contributed by atoms with Gasteiger partial charge in [-0.3, -0.25) is 14.7 Å². The van der Waals surface area contributed by atoms with Crippen LogP contribution in [0.1, 0.15) is 35.8 Å². The first kappa shape index (κ1) is 21.8. The van der Waals surface area contributed by atoms with Crippen LogP contribution >= 0.6 is 0 Å². The Bertz CT molecular complexity index is 1060. The summed E-state index contributed by atoms with van der Waals surface area (Å²) in [5.41, 5.74) is 3.95. The molecule has 32 heavy (non-hydrogen) atoms. The molecule has 1 aromatic carbocycles. The van der Waals surface area contributed by atoms with Gasteiger partial charge in [0.05, 0.1) is 24.1 Å². The van der Waals surface area contributed by atoms with E-state index in [1.807, 2.05) is 38.2 Å². The lowest BCUT2D eigenvalue weighted by Crippen LogP contribution is -2.39. The summed E-state index contributed by atoms with van der Waals surface area (Å²) < 4.78 is 13.7. The number of benzene rings is 1. The second-order valence-corrected chi connectivity index (χ2v) is 8.15. The fraction of sp³-hybridized carbons (Fsp3) is 0.333. The van der Waals surface area contributed by atoms with Gasteiger partial charge in [-0.15, -0.1) is 0 Å². The molecule has 0 saturated carbocycles. The van der Waals surface area contributed by atoms with Crippen LogP contribution in [0.25, 0.3) is 0 Å². The third-order valence-electron chi connectivity index (χ3n) is 5.55. The summed E-state index contributed by atoms with van der Waals surface area (Å²) in [6.45, 7) is 5.74. The minimum atomic E-state index is -0.423. The van der Waals surface area contributed by atoms with E-state index in [1.54, 1.807) is 18.2 Å². The van der Waals surface area contributed by atoms with Crippen molar-refractivity contribution in [2.24, 2.45) is 0 Å². The lowest BCUT2D eigenvalue weighted by molar-refractivity contribution is -0.117. The smallest absolute Gasteiger partial charge is 0.238 e. The Morgan fingerprint density at radius 3 is 2.47 bits per heavy atom. The second-order valence-electron chi connectivity index (χ2n) is 8.15. The summed E-state index contributed by atoms with van der Waals surface area (Å²) >= 11 is 0. The number of carbonyl (C=O) groups excluding carboxylic acids is 1. The Balaban J connectivity index is 1.27. The van der Waals surface area contributed by atoms with Crippen molar-refractivity contribution in [2.45, 2.75) is 32.6 Å². The molecule has 2 N–H and O–H groups in total. The van der Waals surface area contributed by atoms with Gasteiger partial charge >= 0.3 is 0 Å². The Morgan fingerprint density at radius 2 is 1.81 bits per heavy atom. The van der Waals surface area contributed by atoms with Crippen LogP contribution < -0.4 is 10.6 Å². The van der Waals surface area contributed by atoms with Crippen LogP contribution in [0.15, 0.2) is 48.7 Å². The number of para-hydroxylation sites is 1. The first-order valence-electron chi connectivity index (χ1n) is 10.8. The fourth-order valence-electron chi connectivity index (χ4n) is 3.97. The fourth-order valence-corrected chi connectivity index (χ4v) is 3.97. The van der Waals surface area contributed by atoms with Gasteiger partial charge in [0.25, 0.3) is 0 Å². The molecule has 7 nitrogen and oxygen atoms in total. The van der Waals surface area contributed by atoms with Gasteiger partial charge in [0.1, 0.15) is 5.82 Å². The predicted octanol–water partition coefficient (Wildman–Crippen LogP) is 4.19. The Morgan fingerprint density at radius 1 is 1.09 bits per heavy atom. The molecule has 8 heteroatoms. The van der Waals surface area contributed by atoms with E-state index in [9.17, 15) is 9.18 Å². The van der Waals surface area contributed by atoms with Crippen LogP contribution in [-0.4, -0.2) is 45.4 Å². The maximum atomic E-state index is 13.7. The molecule has 1 aliphatic rings. The number of anilines is 3. The molecule has 3 heterocycles. The average molecular weight is 435 g/mol. The van der Waals surface area contributed by atoms with Crippen molar-refractivity contribution in [3.8, 4) is 0 Å². The van der Waals surface area contributed by atoms with E-state index >= 15 is 0 Å². The van der Waals surface area contributed by atoms with E-state index in [-0.39, 0.29) is 18.1 Å². The van der Waals surface area contributed by atoms with Gasteiger partial charge in [-0.2, -0.15) is 0 Å². The second kappa shape index (κ2) is 9.82. The number of hydrogen-bond donors (Lipinski definition) is 2. The maximum Gasteiger partial charge on any atom is 0.238 e. The Kier molecular flexibility index (Phi) is 6.70. The third kappa shape index (κ3) is 5.64. The SMILES string of the molecule is Cc1cc(C)nc(Nc2ccc(C3CCN(CC(=O)Nc4ccccc4F)CC3)nc2)n1. The monoisotopic (exact) mass is 434 g/mol. The van der Waals surface area contributed by atoms with Gasteiger partial charge in [-0.25, -0.2) is 14.4 Å². The van der Waals surface area contributed by atoms with Crippen LogP contribution in [0, 0.1) is 19.7 Å². The summed E-state index contributed by atoms with van der Waals surface area (Å²) in [6, 6.07) is 12.2. The minimum absolute atomic E-state index is 0.198. The molecule has 0 atom stereocenters. The van der Waals surface area contributed by atoms with Crippen molar-refractivity contribution >= 4 is 23.2 Å². The molecule has 3 aromatic rings. The highest BCUT2D eigenvalue weighted by Gasteiger charge is 2.23. The normalized spacial score (nSPS) is 14.8. The first-order valence-corrected chi connectivity index (χ1v) is 10.8. The highest BCUT2D eigenvalue weighted by Crippen LogP contribution is 2.27. The number of nitrogens with one attached hydrogen (secondary N) is 2. The van der Waals surface area contributed by atoms with Crippen LogP contribution in [0.4, 0.5) is 21.7 Å². The molecule has 1 fully saturated rings. The molecule has 166 valence electrons. The molecule has 0 bridgehead atoms. The third-order valence-corrected chi connectivity index (χ3v) is 5.55. The number of aromatic nitrogens is 3. The van der Waals surface area contributed by atoms with Gasteiger partial charge in [0, 0.05) is 23.0 Å². The molecular weight excluding hydrogens is 407 g/mol. The molecule has 0 spiro atoms. The highest BCUT2D eigenvalue weighted by molar-refractivity contribution is 5.92. The molecule has 2 aromatic heterocycles. The van der Waals surface area contributed by atoms with Crippen LogP contribution in [0.5, 0.6) is 0 Å². The molecule has 1 amide bonds. The summed E-state index contributed by atoms with van der Waals surface area (Å²) in [5, 5.41) is 5.85. The van der Waals surface area contributed by atoms with Crippen LogP contribution in [0.2, 0.25) is 0 Å². The van der Waals surface area contributed by atoms with E-state index in [0.717, 1.165) is 48.7 Å². The standard InChI is InChI=1S/C24H27FN6O/c1-16-13-17(2)28-24(27-16)29-19-7-8-21(26-14-19)18-9-11-31(12-10-18)15-23(32)30-22-6-4-3-5-20(22)25/h3-8,13-14,18H,9-12,15H2,1-2H3,(H,30,32)(H,27,28,29). The van der Waals surface area contributed by atoms with Crippen LogP contribution in [0.3, 0.4) is 0 Å². The van der Waals surface area contributed by atoms with Crippen molar-refractivity contribution < 1.29 is 9.18 Å². The zero-order chi connectivity index (χ0) is 22.5. The van der Waals surface area contributed by atoms with Crippen molar-refractivity contribution in [3.63, 3.8) is 0 Å². The molecule has 0 radical (unpaired) electrons. The molecular formula is C24H27FN6O. The number of amides is 1. The van der Waals surface area contributed by atoms with Gasteiger partial charge in [0.15, 0.2) is 0 Å². The number of nitrogens with zero attached hydrogens (tertiary/aromatic N) is 4. The molecule has 4 rings (SSSR count). The summed E-state index contributed by atoms with van der Waals surface area (Å²) in [7, 11) is 0. The summed E-state index contributed by atoms with van der Waals surface area (Å²) in [4.78, 5) is 27.8. The van der Waals surface area contributed by atoms with Gasteiger partial charge < -0.3 is 10.6 Å². The van der Waals surface area contributed by atoms with Crippen molar-refractivity contribution in [1.29, 1.82) is 0 Å². The van der Waals surface area contributed by atoms with E-state index in [2.05, 4.69) is 30.5 Å². The van der Waals surface area contributed by atoms with Crippen molar-refractivity contribution in [1.82, 2.24) is 19.9 Å². The lowest BCUT2D eigenvalue weighted by atomic mass is 9.93. The number of pyridine rings is 1.